The number of benzene rings is 3. The van der Waals surface area contributed by atoms with Crippen LogP contribution >= 0.6 is 0 Å². The molecule has 1 aromatic heterocycles. The van der Waals surface area contributed by atoms with Gasteiger partial charge in [-0.15, -0.1) is 0 Å². The molecule has 142 valence electrons. The molecule has 28 heavy (non-hydrogen) atoms. The molecule has 0 unspecified atom stereocenters. The van der Waals surface area contributed by atoms with Gasteiger partial charge in [0.15, 0.2) is 0 Å². The Morgan fingerprint density at radius 2 is 1.54 bits per heavy atom. The lowest BCUT2D eigenvalue weighted by Gasteiger charge is -2.10. The number of hydrogen-bond donors (Lipinski definition) is 1. The van der Waals surface area contributed by atoms with E-state index in [1.807, 2.05) is 23.7 Å². The predicted molar refractivity (Wildman–Crippen MR) is 114 cm³/mol. The second kappa shape index (κ2) is 6.80. The minimum atomic E-state index is -3.30. The molecule has 0 saturated carbocycles. The largest absolute Gasteiger partial charge is 0.284 e. The summed E-state index contributed by atoms with van der Waals surface area (Å²) in [5, 5.41) is 7.03. The van der Waals surface area contributed by atoms with Gasteiger partial charge in [0, 0.05) is 11.3 Å². The molecule has 0 radical (unpaired) electrons. The third kappa shape index (κ3) is 3.77. The molecule has 0 aliphatic rings. The summed E-state index contributed by atoms with van der Waals surface area (Å²) >= 11 is 0. The normalized spacial score (nSPS) is 11.7. The van der Waals surface area contributed by atoms with Crippen molar-refractivity contribution in [2.24, 2.45) is 0 Å². The second-order valence-electron chi connectivity index (χ2n) is 7.07. The van der Waals surface area contributed by atoms with Crippen LogP contribution in [0.3, 0.4) is 0 Å². The molecule has 3 aromatic carbocycles. The fourth-order valence-corrected chi connectivity index (χ4v) is 3.88. The molecule has 4 rings (SSSR count). The highest BCUT2D eigenvalue weighted by atomic mass is 32.2. The van der Waals surface area contributed by atoms with Gasteiger partial charge in [-0.05, 0) is 61.0 Å². The Labute approximate surface area is 164 Å². The van der Waals surface area contributed by atoms with E-state index in [2.05, 4.69) is 59.2 Å². The molecule has 0 fully saturated rings. The van der Waals surface area contributed by atoms with E-state index >= 15 is 0 Å². The van der Waals surface area contributed by atoms with Gasteiger partial charge in [-0.1, -0.05) is 35.9 Å². The Bertz CT molecular complexity index is 1270. The van der Waals surface area contributed by atoms with E-state index in [0.717, 1.165) is 28.9 Å². The lowest BCUT2D eigenvalue weighted by atomic mass is 10.0. The average Bonchev–Trinajstić information content (AvgIpc) is 3.02. The summed E-state index contributed by atoms with van der Waals surface area (Å²) in [7, 11) is -3.30. The highest BCUT2D eigenvalue weighted by Crippen LogP contribution is 2.28. The SMILES string of the molecule is Cc1ccc2cc(-c3cc(C)nn3-c3ccc(NS(C)(=O)=O)cc3)ccc2c1. The summed E-state index contributed by atoms with van der Waals surface area (Å²) in [5.74, 6) is 0. The molecular weight excluding hydrogens is 370 g/mol. The molecule has 1 N–H and O–H groups in total. The van der Waals surface area contributed by atoms with Crippen molar-refractivity contribution in [2.45, 2.75) is 13.8 Å². The Hall–Kier alpha value is -3.12. The van der Waals surface area contributed by atoms with E-state index in [4.69, 9.17) is 0 Å². The molecule has 6 heteroatoms. The number of hydrogen-bond acceptors (Lipinski definition) is 3. The maximum atomic E-state index is 11.4. The molecule has 0 aliphatic carbocycles. The molecule has 4 aromatic rings. The first-order valence-corrected chi connectivity index (χ1v) is 10.8. The number of aryl methyl sites for hydroxylation is 2. The van der Waals surface area contributed by atoms with E-state index < -0.39 is 10.0 Å². The molecule has 0 atom stereocenters. The smallest absolute Gasteiger partial charge is 0.229 e. The first-order chi connectivity index (χ1) is 13.3. The van der Waals surface area contributed by atoms with Gasteiger partial charge in [-0.2, -0.15) is 5.10 Å². The Kier molecular flexibility index (Phi) is 4.43. The van der Waals surface area contributed by atoms with E-state index in [1.165, 1.54) is 16.3 Å². The molecule has 0 bridgehead atoms. The summed E-state index contributed by atoms with van der Waals surface area (Å²) in [6, 6.07) is 22.1. The van der Waals surface area contributed by atoms with Crippen LogP contribution in [0.5, 0.6) is 0 Å². The van der Waals surface area contributed by atoms with E-state index in [0.29, 0.717) is 5.69 Å². The zero-order chi connectivity index (χ0) is 19.9. The molecule has 0 amide bonds. The lowest BCUT2D eigenvalue weighted by molar-refractivity contribution is 0.607. The van der Waals surface area contributed by atoms with Gasteiger partial charge in [0.2, 0.25) is 10.0 Å². The van der Waals surface area contributed by atoms with Crippen molar-refractivity contribution in [3.63, 3.8) is 0 Å². The van der Waals surface area contributed by atoms with Crippen molar-refractivity contribution in [1.29, 1.82) is 0 Å². The van der Waals surface area contributed by atoms with Crippen molar-refractivity contribution in [1.82, 2.24) is 9.78 Å². The van der Waals surface area contributed by atoms with Gasteiger partial charge in [0.25, 0.3) is 0 Å². The average molecular weight is 391 g/mol. The van der Waals surface area contributed by atoms with Crippen LogP contribution in [-0.4, -0.2) is 24.5 Å². The second-order valence-corrected chi connectivity index (χ2v) is 8.82. The Morgan fingerprint density at radius 1 is 0.857 bits per heavy atom. The molecule has 1 heterocycles. The van der Waals surface area contributed by atoms with E-state index in [9.17, 15) is 8.42 Å². The summed E-state index contributed by atoms with van der Waals surface area (Å²) in [6.45, 7) is 4.05. The first-order valence-electron chi connectivity index (χ1n) is 8.94. The third-order valence-corrected chi connectivity index (χ3v) is 5.14. The summed E-state index contributed by atoms with van der Waals surface area (Å²) in [6.07, 6.45) is 1.14. The van der Waals surface area contributed by atoms with Crippen LogP contribution in [-0.2, 0) is 10.0 Å². The number of rotatable bonds is 4. The molecular formula is C22H21N3O2S. The molecule has 0 aliphatic heterocycles. The summed E-state index contributed by atoms with van der Waals surface area (Å²) < 4.78 is 27.2. The van der Waals surface area contributed by atoms with Crippen LogP contribution in [0.2, 0.25) is 0 Å². The number of aromatic nitrogens is 2. The Balaban J connectivity index is 1.76. The topological polar surface area (TPSA) is 64.0 Å². The van der Waals surface area contributed by atoms with Crippen LogP contribution in [0.15, 0.2) is 66.7 Å². The zero-order valence-corrected chi connectivity index (χ0v) is 16.8. The van der Waals surface area contributed by atoms with Crippen LogP contribution in [0.4, 0.5) is 5.69 Å². The highest BCUT2D eigenvalue weighted by molar-refractivity contribution is 7.92. The number of nitrogens with zero attached hydrogens (tertiary/aromatic N) is 2. The zero-order valence-electron chi connectivity index (χ0n) is 16.0. The van der Waals surface area contributed by atoms with Crippen molar-refractivity contribution < 1.29 is 8.42 Å². The van der Waals surface area contributed by atoms with E-state index in [1.54, 1.807) is 12.1 Å². The minimum absolute atomic E-state index is 0.526. The lowest BCUT2D eigenvalue weighted by Crippen LogP contribution is -2.09. The third-order valence-electron chi connectivity index (χ3n) is 4.54. The Morgan fingerprint density at radius 3 is 2.25 bits per heavy atom. The fraction of sp³-hybridized carbons (Fsp3) is 0.136. The number of nitrogens with one attached hydrogen (secondary N) is 1. The summed E-state index contributed by atoms with van der Waals surface area (Å²) in [4.78, 5) is 0. The maximum absolute atomic E-state index is 11.4. The quantitative estimate of drug-likeness (QED) is 0.549. The van der Waals surface area contributed by atoms with Crippen LogP contribution in [0.1, 0.15) is 11.3 Å². The van der Waals surface area contributed by atoms with E-state index in [-0.39, 0.29) is 0 Å². The van der Waals surface area contributed by atoms with Crippen LogP contribution < -0.4 is 4.72 Å². The maximum Gasteiger partial charge on any atom is 0.229 e. The van der Waals surface area contributed by atoms with Crippen LogP contribution in [0.25, 0.3) is 27.7 Å². The molecule has 0 spiro atoms. The van der Waals surface area contributed by atoms with Crippen molar-refractivity contribution in [3.8, 4) is 16.9 Å². The monoisotopic (exact) mass is 391 g/mol. The van der Waals surface area contributed by atoms with Crippen molar-refractivity contribution in [2.75, 3.05) is 11.0 Å². The number of anilines is 1. The molecule has 5 nitrogen and oxygen atoms in total. The van der Waals surface area contributed by atoms with Gasteiger partial charge in [-0.25, -0.2) is 13.1 Å². The van der Waals surface area contributed by atoms with Gasteiger partial charge in [-0.3, -0.25) is 4.72 Å². The highest BCUT2D eigenvalue weighted by Gasteiger charge is 2.11. The minimum Gasteiger partial charge on any atom is -0.284 e. The van der Waals surface area contributed by atoms with Crippen LogP contribution in [0, 0.1) is 13.8 Å². The van der Waals surface area contributed by atoms with Gasteiger partial charge in [0.1, 0.15) is 0 Å². The fourth-order valence-electron chi connectivity index (χ4n) is 3.31. The first kappa shape index (κ1) is 18.3. The standard InChI is InChI=1S/C22H21N3O2S/c1-15-4-5-18-14-19(7-6-17(18)12-15)22-13-16(2)23-25(22)21-10-8-20(9-11-21)24-28(3,26)27/h4-14,24H,1-3H3. The number of fused-ring (bicyclic) bond motifs is 1. The predicted octanol–water partition coefficient (Wildman–Crippen LogP) is 4.68. The van der Waals surface area contributed by atoms with Gasteiger partial charge < -0.3 is 0 Å². The summed E-state index contributed by atoms with van der Waals surface area (Å²) in [5.41, 5.74) is 5.62. The molecule has 0 saturated heterocycles. The van der Waals surface area contributed by atoms with Gasteiger partial charge in [0.05, 0.1) is 23.3 Å². The van der Waals surface area contributed by atoms with Crippen molar-refractivity contribution in [3.05, 3.63) is 78.0 Å². The van der Waals surface area contributed by atoms with Gasteiger partial charge >= 0.3 is 0 Å². The van der Waals surface area contributed by atoms with Crippen molar-refractivity contribution >= 4 is 26.5 Å². The number of sulfonamides is 1.